The van der Waals surface area contributed by atoms with Gasteiger partial charge in [0.15, 0.2) is 16.6 Å². The Bertz CT molecular complexity index is 333. The smallest absolute Gasteiger partial charge is 0.197 e. The third-order valence-electron chi connectivity index (χ3n) is 2.10. The van der Waals surface area contributed by atoms with Gasteiger partial charge in [-0.15, -0.1) is 0 Å². The second kappa shape index (κ2) is 7.31. The average Bonchev–Trinajstić information content (AvgIpc) is 2.67. The van der Waals surface area contributed by atoms with Crippen LogP contribution in [0, 0.1) is 0 Å². The Morgan fingerprint density at radius 3 is 2.88 bits per heavy atom. The first-order valence-corrected chi connectivity index (χ1v) is 6.25. The fourth-order valence-corrected chi connectivity index (χ4v) is 2.02. The van der Waals surface area contributed by atoms with Crippen LogP contribution in [-0.4, -0.2) is 49.5 Å². The van der Waals surface area contributed by atoms with E-state index in [1.54, 1.807) is 0 Å². The molecule has 0 aliphatic carbocycles. The zero-order valence-corrected chi connectivity index (χ0v) is 11.0. The normalized spacial score (nSPS) is 10.5. The second-order valence-electron chi connectivity index (χ2n) is 3.39. The van der Waals surface area contributed by atoms with Gasteiger partial charge in [0.25, 0.3) is 0 Å². The molecule has 1 heterocycles. The van der Waals surface area contributed by atoms with Gasteiger partial charge in [0, 0.05) is 13.6 Å². The molecular formula is C10H19N3O3S. The van der Waals surface area contributed by atoms with E-state index in [9.17, 15) is 0 Å². The van der Waals surface area contributed by atoms with Crippen molar-refractivity contribution in [1.82, 2.24) is 4.37 Å². The molecule has 1 rings (SSSR count). The first kappa shape index (κ1) is 14.0. The summed E-state index contributed by atoms with van der Waals surface area (Å²) in [7, 11) is 1.93. The number of aliphatic hydroxyl groups excluding tert-OH is 1. The Kier molecular flexibility index (Phi) is 6.03. The van der Waals surface area contributed by atoms with Crippen LogP contribution in [0.15, 0.2) is 0 Å². The van der Waals surface area contributed by atoms with Crippen LogP contribution >= 0.6 is 11.5 Å². The molecule has 0 saturated carbocycles. The van der Waals surface area contributed by atoms with E-state index in [1.165, 1.54) is 11.5 Å². The van der Waals surface area contributed by atoms with Gasteiger partial charge in [-0.05, 0) is 18.5 Å². The van der Waals surface area contributed by atoms with Crippen molar-refractivity contribution in [2.45, 2.75) is 6.92 Å². The lowest BCUT2D eigenvalue weighted by atomic mass is 10.5. The molecule has 7 heteroatoms. The van der Waals surface area contributed by atoms with Crippen molar-refractivity contribution in [2.24, 2.45) is 0 Å². The van der Waals surface area contributed by atoms with E-state index in [0.717, 1.165) is 5.00 Å². The average molecular weight is 261 g/mol. The van der Waals surface area contributed by atoms with Crippen LogP contribution in [0.2, 0.25) is 0 Å². The molecule has 0 amide bonds. The van der Waals surface area contributed by atoms with E-state index in [0.29, 0.717) is 37.9 Å². The molecule has 0 aromatic carbocycles. The molecule has 0 saturated heterocycles. The maximum Gasteiger partial charge on any atom is 0.197 e. The van der Waals surface area contributed by atoms with Crippen molar-refractivity contribution in [3.8, 4) is 5.75 Å². The van der Waals surface area contributed by atoms with Crippen molar-refractivity contribution in [3.05, 3.63) is 0 Å². The first-order valence-electron chi connectivity index (χ1n) is 5.48. The summed E-state index contributed by atoms with van der Waals surface area (Å²) in [5.41, 5.74) is 5.72. The SMILES string of the molecule is CCOc1c(N)nsc1N(C)CCOCCO. The van der Waals surface area contributed by atoms with Crippen molar-refractivity contribution in [3.63, 3.8) is 0 Å². The molecule has 1 aromatic heterocycles. The Morgan fingerprint density at radius 2 is 2.24 bits per heavy atom. The van der Waals surface area contributed by atoms with Gasteiger partial charge >= 0.3 is 0 Å². The summed E-state index contributed by atoms with van der Waals surface area (Å²) in [4.78, 5) is 1.98. The lowest BCUT2D eigenvalue weighted by Gasteiger charge is -2.18. The van der Waals surface area contributed by atoms with Gasteiger partial charge in [-0.25, -0.2) is 0 Å². The first-order chi connectivity index (χ1) is 8.20. The van der Waals surface area contributed by atoms with Crippen molar-refractivity contribution < 1.29 is 14.6 Å². The number of nitrogens with zero attached hydrogens (tertiary/aromatic N) is 2. The Labute approximate surface area is 105 Å². The fraction of sp³-hybridized carbons (Fsp3) is 0.700. The molecule has 3 N–H and O–H groups in total. The third kappa shape index (κ3) is 4.03. The number of ether oxygens (including phenoxy) is 2. The summed E-state index contributed by atoms with van der Waals surface area (Å²) >= 11 is 1.31. The summed E-state index contributed by atoms with van der Waals surface area (Å²) in [5, 5.41) is 9.48. The fourth-order valence-electron chi connectivity index (χ4n) is 1.28. The largest absolute Gasteiger partial charge is 0.487 e. The molecule has 0 spiro atoms. The molecule has 98 valence electrons. The molecule has 1 aromatic rings. The highest BCUT2D eigenvalue weighted by molar-refractivity contribution is 7.11. The number of anilines is 2. The molecule has 0 bridgehead atoms. The zero-order valence-electron chi connectivity index (χ0n) is 10.2. The minimum atomic E-state index is 0.0431. The quantitative estimate of drug-likeness (QED) is 0.666. The van der Waals surface area contributed by atoms with Crippen LogP contribution in [0.25, 0.3) is 0 Å². The Balaban J connectivity index is 2.52. The summed E-state index contributed by atoms with van der Waals surface area (Å²) in [6, 6.07) is 0. The predicted octanol–water partition coefficient (Wildman–Crippen LogP) is 0.569. The summed E-state index contributed by atoms with van der Waals surface area (Å²) in [6.07, 6.45) is 0. The van der Waals surface area contributed by atoms with Crippen LogP contribution in [0.4, 0.5) is 10.8 Å². The highest BCUT2D eigenvalue weighted by atomic mass is 32.1. The number of nitrogen functional groups attached to an aromatic ring is 1. The topological polar surface area (TPSA) is 80.8 Å². The Hall–Kier alpha value is -1.05. The van der Waals surface area contributed by atoms with Crippen molar-refractivity contribution in [2.75, 3.05) is 50.7 Å². The summed E-state index contributed by atoms with van der Waals surface area (Å²) < 4.78 is 14.7. The highest BCUT2D eigenvalue weighted by Crippen LogP contribution is 2.37. The summed E-state index contributed by atoms with van der Waals surface area (Å²) in [6.45, 7) is 4.11. The molecular weight excluding hydrogens is 242 g/mol. The Morgan fingerprint density at radius 1 is 1.47 bits per heavy atom. The zero-order chi connectivity index (χ0) is 12.7. The third-order valence-corrected chi connectivity index (χ3v) is 3.06. The predicted molar refractivity (Wildman–Crippen MR) is 68.9 cm³/mol. The summed E-state index contributed by atoms with van der Waals surface area (Å²) in [5.74, 6) is 1.07. The van der Waals surface area contributed by atoms with Gasteiger partial charge in [-0.3, -0.25) is 0 Å². The van der Waals surface area contributed by atoms with Gasteiger partial charge in [0.05, 0.1) is 26.4 Å². The number of rotatable bonds is 8. The maximum absolute atomic E-state index is 8.58. The van der Waals surface area contributed by atoms with Gasteiger partial charge in [-0.1, -0.05) is 0 Å². The van der Waals surface area contributed by atoms with Crippen LogP contribution in [0.1, 0.15) is 6.92 Å². The van der Waals surface area contributed by atoms with Crippen LogP contribution in [0.5, 0.6) is 5.75 Å². The van der Waals surface area contributed by atoms with Crippen LogP contribution < -0.4 is 15.4 Å². The van der Waals surface area contributed by atoms with E-state index >= 15 is 0 Å². The van der Waals surface area contributed by atoms with Crippen LogP contribution in [0.3, 0.4) is 0 Å². The molecule has 0 fully saturated rings. The van der Waals surface area contributed by atoms with E-state index in [-0.39, 0.29) is 6.61 Å². The van der Waals surface area contributed by atoms with Gasteiger partial charge < -0.3 is 25.2 Å². The number of aromatic nitrogens is 1. The van der Waals surface area contributed by atoms with E-state index < -0.39 is 0 Å². The molecule has 0 radical (unpaired) electrons. The molecule has 0 aliphatic rings. The highest BCUT2D eigenvalue weighted by Gasteiger charge is 2.16. The van der Waals surface area contributed by atoms with E-state index in [2.05, 4.69) is 4.37 Å². The minimum absolute atomic E-state index is 0.0431. The maximum atomic E-state index is 8.58. The lowest BCUT2D eigenvalue weighted by molar-refractivity contribution is 0.0971. The van der Waals surface area contributed by atoms with Gasteiger partial charge in [0.2, 0.25) is 0 Å². The van der Waals surface area contributed by atoms with Crippen molar-refractivity contribution in [1.29, 1.82) is 0 Å². The lowest BCUT2D eigenvalue weighted by Crippen LogP contribution is -2.22. The second-order valence-corrected chi connectivity index (χ2v) is 4.14. The van der Waals surface area contributed by atoms with E-state index in [4.69, 9.17) is 20.3 Å². The standard InChI is InChI=1S/C10H19N3O3S/c1-3-16-8-9(11)12-17-10(8)13(2)4-6-15-7-5-14/h14H,3-7H2,1-2H3,(H2,11,12). The molecule has 0 atom stereocenters. The number of hydrogen-bond acceptors (Lipinski definition) is 7. The molecule has 0 unspecified atom stereocenters. The molecule has 0 aliphatic heterocycles. The minimum Gasteiger partial charge on any atom is -0.487 e. The number of aliphatic hydroxyl groups is 1. The number of nitrogens with two attached hydrogens (primary N) is 1. The molecule has 17 heavy (non-hydrogen) atoms. The number of likely N-dealkylation sites (N-methyl/N-ethyl adjacent to an activating group) is 1. The van der Waals surface area contributed by atoms with Crippen LogP contribution in [-0.2, 0) is 4.74 Å². The molecule has 6 nitrogen and oxygen atoms in total. The van der Waals surface area contributed by atoms with Gasteiger partial charge in [0.1, 0.15) is 0 Å². The van der Waals surface area contributed by atoms with Gasteiger partial charge in [-0.2, -0.15) is 4.37 Å². The van der Waals surface area contributed by atoms with E-state index in [1.807, 2.05) is 18.9 Å². The van der Waals surface area contributed by atoms with Crippen molar-refractivity contribution >= 4 is 22.4 Å². The number of hydrogen-bond donors (Lipinski definition) is 2. The monoisotopic (exact) mass is 261 g/mol.